The number of rotatable bonds is 5. The van der Waals surface area contributed by atoms with Crippen molar-refractivity contribution in [1.29, 1.82) is 0 Å². The Morgan fingerprint density at radius 1 is 1.47 bits per heavy atom. The minimum atomic E-state index is -1.00. The van der Waals surface area contributed by atoms with E-state index in [1.165, 1.54) is 38.1 Å². The highest BCUT2D eigenvalue weighted by Crippen LogP contribution is 2.17. The lowest BCUT2D eigenvalue weighted by Gasteiger charge is -2.19. The fraction of sp³-hybridized carbons (Fsp3) is 0.385. The molecule has 1 amide bonds. The van der Waals surface area contributed by atoms with Gasteiger partial charge in [0, 0.05) is 19.7 Å². The van der Waals surface area contributed by atoms with Gasteiger partial charge in [0.1, 0.15) is 11.6 Å². The summed E-state index contributed by atoms with van der Waals surface area (Å²) < 4.78 is 18.5. The van der Waals surface area contributed by atoms with Gasteiger partial charge in [0.05, 0.1) is 18.6 Å². The molecule has 1 unspecified atom stereocenters. The fourth-order valence-electron chi connectivity index (χ4n) is 1.57. The van der Waals surface area contributed by atoms with Crippen molar-refractivity contribution in [2.45, 2.75) is 6.92 Å². The molecule has 0 radical (unpaired) electrons. The number of amides is 1. The van der Waals surface area contributed by atoms with Crippen molar-refractivity contribution < 1.29 is 23.8 Å². The number of methoxy groups -OCH3 is 1. The van der Waals surface area contributed by atoms with Crippen LogP contribution in [0.15, 0.2) is 18.2 Å². The Kier molecular flexibility index (Phi) is 4.86. The SMILES string of the molecule is COc1ccc(C(=O)N(C)CC(C)C(=O)O)c(F)c1. The van der Waals surface area contributed by atoms with Gasteiger partial charge < -0.3 is 14.7 Å². The van der Waals surface area contributed by atoms with E-state index in [0.29, 0.717) is 5.75 Å². The van der Waals surface area contributed by atoms with Crippen molar-refractivity contribution in [3.05, 3.63) is 29.6 Å². The standard InChI is InChI=1S/C13H16FNO4/c1-8(13(17)18)7-15(2)12(16)10-5-4-9(19-3)6-11(10)14/h4-6,8H,7H2,1-3H3,(H,17,18). The third-order valence-corrected chi connectivity index (χ3v) is 2.72. The lowest BCUT2D eigenvalue weighted by molar-refractivity contribution is -0.141. The molecule has 6 heteroatoms. The molecule has 5 nitrogen and oxygen atoms in total. The maximum absolute atomic E-state index is 13.7. The van der Waals surface area contributed by atoms with Crippen LogP contribution in [0.5, 0.6) is 5.75 Å². The van der Waals surface area contributed by atoms with Gasteiger partial charge in [-0.25, -0.2) is 4.39 Å². The molecule has 0 saturated carbocycles. The molecule has 1 rings (SSSR count). The first-order valence-corrected chi connectivity index (χ1v) is 5.68. The maximum Gasteiger partial charge on any atom is 0.308 e. The van der Waals surface area contributed by atoms with Gasteiger partial charge in [-0.2, -0.15) is 0 Å². The van der Waals surface area contributed by atoms with Crippen LogP contribution in [0.2, 0.25) is 0 Å². The van der Waals surface area contributed by atoms with Crippen LogP contribution in [-0.2, 0) is 4.79 Å². The normalized spacial score (nSPS) is 11.8. The van der Waals surface area contributed by atoms with E-state index in [4.69, 9.17) is 9.84 Å². The number of ether oxygens (including phenoxy) is 1. The van der Waals surface area contributed by atoms with Crippen molar-refractivity contribution in [3.8, 4) is 5.75 Å². The summed E-state index contributed by atoms with van der Waals surface area (Å²) in [5.74, 6) is -2.66. The van der Waals surface area contributed by atoms with E-state index in [0.717, 1.165) is 6.07 Å². The van der Waals surface area contributed by atoms with Crippen LogP contribution in [0, 0.1) is 11.7 Å². The zero-order chi connectivity index (χ0) is 14.6. The molecule has 0 fully saturated rings. The molecule has 1 N–H and O–H groups in total. The number of benzene rings is 1. The smallest absolute Gasteiger partial charge is 0.308 e. The Morgan fingerprint density at radius 3 is 2.58 bits per heavy atom. The predicted molar refractivity (Wildman–Crippen MR) is 66.7 cm³/mol. The van der Waals surface area contributed by atoms with Gasteiger partial charge in [0.25, 0.3) is 5.91 Å². The van der Waals surface area contributed by atoms with E-state index in [2.05, 4.69) is 0 Å². The van der Waals surface area contributed by atoms with Crippen LogP contribution >= 0.6 is 0 Å². The predicted octanol–water partition coefficient (Wildman–Crippen LogP) is 1.63. The van der Waals surface area contributed by atoms with Crippen LogP contribution in [0.25, 0.3) is 0 Å². The van der Waals surface area contributed by atoms with Gasteiger partial charge in [0.2, 0.25) is 0 Å². The van der Waals surface area contributed by atoms with E-state index in [1.807, 2.05) is 0 Å². The van der Waals surface area contributed by atoms with E-state index >= 15 is 0 Å². The Labute approximate surface area is 110 Å². The van der Waals surface area contributed by atoms with Crippen LogP contribution in [-0.4, -0.2) is 42.6 Å². The summed E-state index contributed by atoms with van der Waals surface area (Å²) in [4.78, 5) is 23.9. The highest BCUT2D eigenvalue weighted by molar-refractivity contribution is 5.94. The summed E-state index contributed by atoms with van der Waals surface area (Å²) in [6, 6.07) is 3.91. The van der Waals surface area contributed by atoms with E-state index in [-0.39, 0.29) is 12.1 Å². The highest BCUT2D eigenvalue weighted by atomic mass is 19.1. The Hall–Kier alpha value is -2.11. The van der Waals surface area contributed by atoms with Crippen LogP contribution in [0.1, 0.15) is 17.3 Å². The molecule has 0 aliphatic rings. The highest BCUT2D eigenvalue weighted by Gasteiger charge is 2.21. The van der Waals surface area contributed by atoms with Crippen LogP contribution in [0.3, 0.4) is 0 Å². The molecule has 0 aliphatic carbocycles. The molecule has 0 spiro atoms. The lowest BCUT2D eigenvalue weighted by atomic mass is 10.1. The molecule has 104 valence electrons. The third-order valence-electron chi connectivity index (χ3n) is 2.72. The van der Waals surface area contributed by atoms with Gasteiger partial charge in [-0.05, 0) is 12.1 Å². The van der Waals surface area contributed by atoms with E-state index < -0.39 is 23.6 Å². The zero-order valence-corrected chi connectivity index (χ0v) is 11.0. The van der Waals surface area contributed by atoms with Gasteiger partial charge in [-0.15, -0.1) is 0 Å². The third kappa shape index (κ3) is 3.67. The molecule has 0 aromatic heterocycles. The second-order valence-electron chi connectivity index (χ2n) is 4.27. The quantitative estimate of drug-likeness (QED) is 0.882. The Balaban J connectivity index is 2.85. The Bertz CT molecular complexity index is 490. The van der Waals surface area contributed by atoms with Gasteiger partial charge >= 0.3 is 5.97 Å². The number of carboxylic acids is 1. The topological polar surface area (TPSA) is 66.8 Å². The fourth-order valence-corrected chi connectivity index (χ4v) is 1.57. The number of carbonyl (C=O) groups is 2. The first-order valence-electron chi connectivity index (χ1n) is 5.68. The molecule has 1 aromatic carbocycles. The first kappa shape index (κ1) is 14.9. The number of hydrogen-bond donors (Lipinski definition) is 1. The molecule has 19 heavy (non-hydrogen) atoms. The minimum Gasteiger partial charge on any atom is -0.497 e. The summed E-state index contributed by atoms with van der Waals surface area (Å²) in [6.07, 6.45) is 0. The number of carbonyl (C=O) groups excluding carboxylic acids is 1. The summed E-state index contributed by atoms with van der Waals surface area (Å²) in [7, 11) is 2.84. The molecular formula is C13H16FNO4. The summed E-state index contributed by atoms with van der Waals surface area (Å²) >= 11 is 0. The molecule has 0 saturated heterocycles. The minimum absolute atomic E-state index is 0.0135. The van der Waals surface area contributed by atoms with Crippen molar-refractivity contribution in [1.82, 2.24) is 4.90 Å². The summed E-state index contributed by atoms with van der Waals surface area (Å²) in [6.45, 7) is 1.50. The van der Waals surface area contributed by atoms with Crippen molar-refractivity contribution in [3.63, 3.8) is 0 Å². The van der Waals surface area contributed by atoms with Crippen molar-refractivity contribution >= 4 is 11.9 Å². The summed E-state index contributed by atoms with van der Waals surface area (Å²) in [5, 5.41) is 8.78. The zero-order valence-electron chi connectivity index (χ0n) is 11.0. The second kappa shape index (κ2) is 6.17. The van der Waals surface area contributed by atoms with Gasteiger partial charge in [-0.3, -0.25) is 9.59 Å². The summed E-state index contributed by atoms with van der Waals surface area (Å²) in [5.41, 5.74) is -0.110. The monoisotopic (exact) mass is 269 g/mol. The molecule has 1 atom stereocenters. The largest absolute Gasteiger partial charge is 0.497 e. The average molecular weight is 269 g/mol. The number of halogens is 1. The average Bonchev–Trinajstić information content (AvgIpc) is 2.37. The van der Waals surface area contributed by atoms with Gasteiger partial charge in [-0.1, -0.05) is 6.92 Å². The number of carboxylic acid groups (broad SMARTS) is 1. The van der Waals surface area contributed by atoms with E-state index in [9.17, 15) is 14.0 Å². The first-order chi connectivity index (χ1) is 8.86. The second-order valence-corrected chi connectivity index (χ2v) is 4.27. The van der Waals surface area contributed by atoms with Crippen LogP contribution in [0.4, 0.5) is 4.39 Å². The molecule has 0 heterocycles. The van der Waals surface area contributed by atoms with Gasteiger partial charge in [0.15, 0.2) is 0 Å². The molecule has 0 aliphatic heterocycles. The van der Waals surface area contributed by atoms with Crippen molar-refractivity contribution in [2.75, 3.05) is 20.7 Å². The maximum atomic E-state index is 13.7. The molecular weight excluding hydrogens is 253 g/mol. The number of aliphatic carboxylic acids is 1. The van der Waals surface area contributed by atoms with Crippen molar-refractivity contribution in [2.24, 2.45) is 5.92 Å². The molecule has 0 bridgehead atoms. The van der Waals surface area contributed by atoms with Crippen LogP contribution < -0.4 is 4.74 Å². The molecule has 1 aromatic rings. The number of hydrogen-bond acceptors (Lipinski definition) is 3. The lowest BCUT2D eigenvalue weighted by Crippen LogP contribution is -2.34. The van der Waals surface area contributed by atoms with E-state index in [1.54, 1.807) is 0 Å². The number of nitrogens with zero attached hydrogens (tertiary/aromatic N) is 1. The Morgan fingerprint density at radius 2 is 2.11 bits per heavy atom.